The van der Waals surface area contributed by atoms with Gasteiger partial charge in [0.15, 0.2) is 0 Å². The van der Waals surface area contributed by atoms with E-state index in [0.29, 0.717) is 23.4 Å². The van der Waals surface area contributed by atoms with Gasteiger partial charge in [-0.25, -0.2) is 14.5 Å². The Balaban J connectivity index is 1.59. The van der Waals surface area contributed by atoms with Crippen LogP contribution in [0.4, 0.5) is 16.2 Å². The number of para-hydroxylation sites is 2. The maximum absolute atomic E-state index is 13.1. The Morgan fingerprint density at radius 2 is 1.27 bits per heavy atom. The van der Waals surface area contributed by atoms with E-state index in [1.54, 1.807) is 26.0 Å². The van der Waals surface area contributed by atoms with Crippen molar-refractivity contribution in [2.45, 2.75) is 52.2 Å². The van der Waals surface area contributed by atoms with Crippen LogP contribution < -0.4 is 4.90 Å². The average Bonchev–Trinajstić information content (AvgIpc) is 2.81. The zero-order valence-electron chi connectivity index (χ0n) is 19.4. The van der Waals surface area contributed by atoms with E-state index in [2.05, 4.69) is 6.92 Å². The highest BCUT2D eigenvalue weighted by Crippen LogP contribution is 2.26. The van der Waals surface area contributed by atoms with Gasteiger partial charge in [0.25, 0.3) is 0 Å². The van der Waals surface area contributed by atoms with Gasteiger partial charge < -0.3 is 9.47 Å². The summed E-state index contributed by atoms with van der Waals surface area (Å²) in [6.45, 7) is 5.73. The lowest BCUT2D eigenvalue weighted by molar-refractivity contribution is 0.0197. The molecule has 5 nitrogen and oxygen atoms in total. The number of benzene rings is 3. The second kappa shape index (κ2) is 11.9. The molecular weight excluding hydrogens is 414 g/mol. The van der Waals surface area contributed by atoms with Crippen LogP contribution in [-0.2, 0) is 15.9 Å². The van der Waals surface area contributed by atoms with E-state index in [1.165, 1.54) is 10.5 Å². The number of anilines is 2. The third-order valence-corrected chi connectivity index (χ3v) is 5.21. The highest BCUT2D eigenvalue weighted by atomic mass is 16.6. The number of hydrogen-bond acceptors (Lipinski definition) is 4. The Hall–Kier alpha value is -3.60. The van der Waals surface area contributed by atoms with E-state index in [-0.39, 0.29) is 5.97 Å². The molecule has 0 aromatic heterocycles. The van der Waals surface area contributed by atoms with Crippen LogP contribution in [0.3, 0.4) is 0 Å². The van der Waals surface area contributed by atoms with Crippen LogP contribution in [0.25, 0.3) is 0 Å². The summed E-state index contributed by atoms with van der Waals surface area (Å²) < 4.78 is 11.3. The molecule has 0 aliphatic carbocycles. The molecule has 0 fully saturated rings. The van der Waals surface area contributed by atoms with Crippen molar-refractivity contribution in [1.29, 1.82) is 0 Å². The van der Waals surface area contributed by atoms with E-state index >= 15 is 0 Å². The number of carbonyl (C=O) groups is 2. The van der Waals surface area contributed by atoms with Crippen molar-refractivity contribution in [1.82, 2.24) is 0 Å². The first-order chi connectivity index (χ1) is 16.0. The number of carbonyl (C=O) groups excluding carboxylic acids is 2. The molecule has 3 aromatic rings. The Morgan fingerprint density at radius 3 is 1.79 bits per heavy atom. The van der Waals surface area contributed by atoms with Gasteiger partial charge in [0.1, 0.15) is 12.2 Å². The van der Waals surface area contributed by atoms with Crippen LogP contribution >= 0.6 is 0 Å². The number of ether oxygens (including phenoxy) is 2. The maximum atomic E-state index is 13.1. The molecule has 0 radical (unpaired) electrons. The minimum Gasteiger partial charge on any atom is -0.459 e. The van der Waals surface area contributed by atoms with Gasteiger partial charge >= 0.3 is 12.1 Å². The maximum Gasteiger partial charge on any atom is 0.419 e. The number of hydrogen-bond donors (Lipinski definition) is 0. The lowest BCUT2D eigenvalue weighted by Gasteiger charge is -2.25. The third-order valence-electron chi connectivity index (χ3n) is 5.21. The quantitative estimate of drug-likeness (QED) is 0.335. The first-order valence-electron chi connectivity index (χ1n) is 11.4. The molecule has 3 rings (SSSR count). The highest BCUT2D eigenvalue weighted by molar-refractivity contribution is 5.96. The summed E-state index contributed by atoms with van der Waals surface area (Å²) in [7, 11) is 0. The zero-order valence-corrected chi connectivity index (χ0v) is 19.4. The van der Waals surface area contributed by atoms with Crippen molar-refractivity contribution in [3.8, 4) is 0 Å². The van der Waals surface area contributed by atoms with Crippen LogP contribution in [0, 0.1) is 0 Å². The van der Waals surface area contributed by atoms with E-state index < -0.39 is 18.3 Å². The predicted molar refractivity (Wildman–Crippen MR) is 131 cm³/mol. The molecule has 0 bridgehead atoms. The van der Waals surface area contributed by atoms with Crippen LogP contribution in [0.2, 0.25) is 0 Å². The van der Waals surface area contributed by atoms with Crippen LogP contribution in [0.1, 0.15) is 49.5 Å². The molecule has 5 heteroatoms. The molecule has 2 unspecified atom stereocenters. The van der Waals surface area contributed by atoms with Crippen molar-refractivity contribution in [3.05, 3.63) is 96.1 Å². The van der Waals surface area contributed by atoms with Crippen molar-refractivity contribution < 1.29 is 19.1 Å². The van der Waals surface area contributed by atoms with Gasteiger partial charge in [-0.1, -0.05) is 61.9 Å². The molecule has 0 saturated carbocycles. The highest BCUT2D eigenvalue weighted by Gasteiger charge is 2.23. The molecule has 0 saturated heterocycles. The summed E-state index contributed by atoms with van der Waals surface area (Å²) in [5, 5.41) is 0. The molecule has 0 heterocycles. The third kappa shape index (κ3) is 6.94. The molecule has 172 valence electrons. The second-order valence-corrected chi connectivity index (χ2v) is 8.10. The van der Waals surface area contributed by atoms with Crippen molar-refractivity contribution in [3.63, 3.8) is 0 Å². The van der Waals surface area contributed by atoms with Crippen molar-refractivity contribution in [2.24, 2.45) is 0 Å². The topological polar surface area (TPSA) is 55.8 Å². The van der Waals surface area contributed by atoms with Gasteiger partial charge in [-0.15, -0.1) is 0 Å². The van der Waals surface area contributed by atoms with Crippen molar-refractivity contribution in [2.75, 3.05) is 4.90 Å². The van der Waals surface area contributed by atoms with Gasteiger partial charge in [0, 0.05) is 6.42 Å². The minimum atomic E-state index is -0.482. The van der Waals surface area contributed by atoms with Gasteiger partial charge in [-0.3, -0.25) is 0 Å². The average molecular weight is 446 g/mol. The molecule has 2 atom stereocenters. The van der Waals surface area contributed by atoms with E-state index in [1.807, 2.05) is 72.8 Å². The van der Waals surface area contributed by atoms with Gasteiger partial charge in [0.05, 0.1) is 16.9 Å². The van der Waals surface area contributed by atoms with Gasteiger partial charge in [-0.2, -0.15) is 0 Å². The molecule has 33 heavy (non-hydrogen) atoms. The number of rotatable bonds is 9. The smallest absolute Gasteiger partial charge is 0.419 e. The fraction of sp³-hybridized carbons (Fsp3) is 0.286. The normalized spacial score (nSPS) is 12.5. The Labute approximate surface area is 196 Å². The number of esters is 1. The number of nitrogens with zero attached hydrogens (tertiary/aromatic N) is 1. The lowest BCUT2D eigenvalue weighted by Crippen LogP contribution is -2.31. The Bertz CT molecular complexity index is 979. The standard InChI is InChI=1S/C28H31NO4/c1-4-11-23-16-18-24(19-17-23)27(30)32-21(2)20-22(3)33-28(31)29(25-12-7-5-8-13-25)26-14-9-6-10-15-26/h5-10,12-19,21-22H,4,11,20H2,1-3H3. The molecule has 0 aliphatic rings. The lowest BCUT2D eigenvalue weighted by atomic mass is 10.1. The summed E-state index contributed by atoms with van der Waals surface area (Å²) >= 11 is 0. The number of amides is 1. The molecule has 0 aliphatic heterocycles. The first-order valence-corrected chi connectivity index (χ1v) is 11.4. The number of aryl methyl sites for hydroxylation is 1. The molecule has 1 amide bonds. The van der Waals surface area contributed by atoms with Gasteiger partial charge in [0.2, 0.25) is 0 Å². The summed E-state index contributed by atoms with van der Waals surface area (Å²) in [4.78, 5) is 27.1. The SMILES string of the molecule is CCCc1ccc(C(=O)OC(C)CC(C)OC(=O)N(c2ccccc2)c2ccccc2)cc1. The van der Waals surface area contributed by atoms with Gasteiger partial charge in [-0.05, 0) is 62.2 Å². The molecule has 3 aromatic carbocycles. The van der Waals surface area contributed by atoms with E-state index in [0.717, 1.165) is 12.8 Å². The second-order valence-electron chi connectivity index (χ2n) is 8.10. The summed E-state index contributed by atoms with van der Waals surface area (Å²) in [6, 6.07) is 26.2. The fourth-order valence-corrected chi connectivity index (χ4v) is 3.65. The monoisotopic (exact) mass is 445 g/mol. The predicted octanol–water partition coefficient (Wildman–Crippen LogP) is 6.94. The zero-order chi connectivity index (χ0) is 23.6. The van der Waals surface area contributed by atoms with E-state index in [9.17, 15) is 9.59 Å². The van der Waals surface area contributed by atoms with Crippen LogP contribution in [0.15, 0.2) is 84.9 Å². The van der Waals surface area contributed by atoms with Crippen LogP contribution in [0.5, 0.6) is 0 Å². The summed E-state index contributed by atoms with van der Waals surface area (Å²) in [5.41, 5.74) is 3.15. The largest absolute Gasteiger partial charge is 0.459 e. The molecular formula is C28H31NO4. The fourth-order valence-electron chi connectivity index (χ4n) is 3.65. The summed E-state index contributed by atoms with van der Waals surface area (Å²) in [5.74, 6) is -0.376. The first kappa shape index (κ1) is 24.1. The Morgan fingerprint density at radius 1 is 0.758 bits per heavy atom. The minimum absolute atomic E-state index is 0.376. The van der Waals surface area contributed by atoms with Crippen molar-refractivity contribution >= 4 is 23.4 Å². The Kier molecular flexibility index (Phi) is 8.64. The van der Waals surface area contributed by atoms with E-state index in [4.69, 9.17) is 9.47 Å². The summed E-state index contributed by atoms with van der Waals surface area (Å²) in [6.07, 6.45) is 1.11. The van der Waals surface area contributed by atoms with Crippen LogP contribution in [-0.4, -0.2) is 24.3 Å². The molecule has 0 spiro atoms. The molecule has 0 N–H and O–H groups in total.